The van der Waals surface area contributed by atoms with Gasteiger partial charge < -0.3 is 15.7 Å². The van der Waals surface area contributed by atoms with Crippen molar-refractivity contribution in [1.29, 1.82) is 0 Å². The zero-order valence-electron chi connectivity index (χ0n) is 13.7. The van der Waals surface area contributed by atoms with Gasteiger partial charge in [-0.3, -0.25) is 14.4 Å². The molecule has 1 saturated carbocycles. The van der Waals surface area contributed by atoms with Crippen LogP contribution < -0.4 is 10.6 Å². The van der Waals surface area contributed by atoms with E-state index in [0.29, 0.717) is 50.6 Å². The molecule has 1 aliphatic carbocycles. The zero-order valence-corrected chi connectivity index (χ0v) is 13.7. The molecule has 1 aromatic carbocycles. The molecule has 0 aliphatic heterocycles. The van der Waals surface area contributed by atoms with Gasteiger partial charge in [-0.05, 0) is 44.2 Å². The molecule has 0 spiro atoms. The van der Waals surface area contributed by atoms with Crippen LogP contribution in [-0.4, -0.2) is 35.5 Å². The molecule has 1 aliphatic rings. The molecule has 0 heterocycles. The molecular weight excluding hydrogens is 308 g/mol. The molecule has 0 atom stereocenters. The van der Waals surface area contributed by atoms with Crippen molar-refractivity contribution in [3.8, 4) is 0 Å². The highest BCUT2D eigenvalue weighted by atomic mass is 16.4. The molecule has 0 unspecified atom stereocenters. The van der Waals surface area contributed by atoms with Crippen molar-refractivity contribution >= 4 is 17.8 Å². The Balaban J connectivity index is 1.59. The monoisotopic (exact) mass is 332 g/mol. The van der Waals surface area contributed by atoms with E-state index in [1.807, 2.05) is 6.07 Å². The van der Waals surface area contributed by atoms with Crippen LogP contribution in [0.3, 0.4) is 0 Å². The van der Waals surface area contributed by atoms with E-state index in [-0.39, 0.29) is 23.8 Å². The SMILES string of the molecule is O=C(CCCNC(=O)c1ccccc1)NC1CCC(C(=O)O)CC1. The number of hydrogen-bond donors (Lipinski definition) is 3. The smallest absolute Gasteiger partial charge is 0.306 e. The number of carboxylic acid groups (broad SMARTS) is 1. The van der Waals surface area contributed by atoms with Gasteiger partial charge in [-0.15, -0.1) is 0 Å². The van der Waals surface area contributed by atoms with Crippen LogP contribution in [0, 0.1) is 5.92 Å². The molecule has 130 valence electrons. The van der Waals surface area contributed by atoms with Crippen LogP contribution >= 0.6 is 0 Å². The Morgan fingerprint density at radius 3 is 2.33 bits per heavy atom. The van der Waals surface area contributed by atoms with Gasteiger partial charge in [0.1, 0.15) is 0 Å². The lowest BCUT2D eigenvalue weighted by Crippen LogP contribution is -2.39. The molecule has 1 fully saturated rings. The number of carboxylic acids is 1. The summed E-state index contributed by atoms with van der Waals surface area (Å²) in [7, 11) is 0. The number of aliphatic carboxylic acids is 1. The number of hydrogen-bond acceptors (Lipinski definition) is 3. The first-order chi connectivity index (χ1) is 11.6. The van der Waals surface area contributed by atoms with E-state index in [2.05, 4.69) is 10.6 Å². The average molecular weight is 332 g/mol. The second-order valence-electron chi connectivity index (χ2n) is 6.18. The summed E-state index contributed by atoms with van der Waals surface area (Å²) < 4.78 is 0. The molecule has 6 nitrogen and oxygen atoms in total. The highest BCUT2D eigenvalue weighted by molar-refractivity contribution is 5.94. The van der Waals surface area contributed by atoms with Crippen molar-refractivity contribution in [2.24, 2.45) is 5.92 Å². The predicted molar refractivity (Wildman–Crippen MR) is 89.5 cm³/mol. The molecule has 0 saturated heterocycles. The number of carbonyl (C=O) groups is 3. The number of amides is 2. The molecule has 24 heavy (non-hydrogen) atoms. The second-order valence-corrected chi connectivity index (χ2v) is 6.18. The number of carbonyl (C=O) groups excluding carboxylic acids is 2. The summed E-state index contributed by atoms with van der Waals surface area (Å²) >= 11 is 0. The van der Waals surface area contributed by atoms with Crippen molar-refractivity contribution in [3.05, 3.63) is 35.9 Å². The first-order valence-electron chi connectivity index (χ1n) is 8.41. The van der Waals surface area contributed by atoms with Crippen molar-refractivity contribution in [3.63, 3.8) is 0 Å². The molecule has 6 heteroatoms. The molecule has 0 radical (unpaired) electrons. The summed E-state index contributed by atoms with van der Waals surface area (Å²) in [4.78, 5) is 34.6. The summed E-state index contributed by atoms with van der Waals surface area (Å²) in [5.41, 5.74) is 0.608. The van der Waals surface area contributed by atoms with Crippen molar-refractivity contribution in [1.82, 2.24) is 10.6 Å². The highest BCUT2D eigenvalue weighted by Crippen LogP contribution is 2.24. The maximum atomic E-state index is 11.9. The van der Waals surface area contributed by atoms with Crippen LogP contribution in [0.5, 0.6) is 0 Å². The van der Waals surface area contributed by atoms with E-state index in [0.717, 1.165) is 0 Å². The van der Waals surface area contributed by atoms with E-state index < -0.39 is 5.97 Å². The van der Waals surface area contributed by atoms with E-state index in [1.54, 1.807) is 24.3 Å². The molecule has 3 N–H and O–H groups in total. The minimum Gasteiger partial charge on any atom is -0.481 e. The van der Waals surface area contributed by atoms with Crippen LogP contribution in [0.25, 0.3) is 0 Å². The Bertz CT molecular complexity index is 566. The molecule has 0 bridgehead atoms. The zero-order chi connectivity index (χ0) is 17.4. The lowest BCUT2D eigenvalue weighted by Gasteiger charge is -2.26. The molecule has 2 amide bonds. The minimum atomic E-state index is -0.742. The van der Waals surface area contributed by atoms with Crippen LogP contribution in [0.4, 0.5) is 0 Å². The third-order valence-corrected chi connectivity index (χ3v) is 4.34. The van der Waals surface area contributed by atoms with Gasteiger partial charge in [0.25, 0.3) is 5.91 Å². The van der Waals surface area contributed by atoms with E-state index >= 15 is 0 Å². The lowest BCUT2D eigenvalue weighted by atomic mass is 9.86. The van der Waals surface area contributed by atoms with Crippen molar-refractivity contribution in [2.75, 3.05) is 6.54 Å². The Hall–Kier alpha value is -2.37. The first kappa shape index (κ1) is 18.0. The minimum absolute atomic E-state index is 0.0391. The van der Waals surface area contributed by atoms with E-state index in [4.69, 9.17) is 5.11 Å². The number of nitrogens with one attached hydrogen (secondary N) is 2. The Morgan fingerprint density at radius 1 is 1.04 bits per heavy atom. The van der Waals surface area contributed by atoms with Gasteiger partial charge in [0.2, 0.25) is 5.91 Å². The van der Waals surface area contributed by atoms with Crippen molar-refractivity contribution in [2.45, 2.75) is 44.6 Å². The molecule has 1 aromatic rings. The Labute approximate surface area is 141 Å². The highest BCUT2D eigenvalue weighted by Gasteiger charge is 2.26. The first-order valence-corrected chi connectivity index (χ1v) is 8.41. The summed E-state index contributed by atoms with van der Waals surface area (Å²) in [6.07, 6.45) is 3.60. The van der Waals surface area contributed by atoms with Crippen LogP contribution in [-0.2, 0) is 9.59 Å². The lowest BCUT2D eigenvalue weighted by molar-refractivity contribution is -0.142. The summed E-state index contributed by atoms with van der Waals surface area (Å²) in [5.74, 6) is -1.19. The fraction of sp³-hybridized carbons (Fsp3) is 0.500. The van der Waals surface area contributed by atoms with Gasteiger partial charge in [0.05, 0.1) is 5.92 Å². The van der Waals surface area contributed by atoms with Crippen molar-refractivity contribution < 1.29 is 19.5 Å². The van der Waals surface area contributed by atoms with Gasteiger partial charge >= 0.3 is 5.97 Å². The Morgan fingerprint density at radius 2 is 1.71 bits per heavy atom. The average Bonchev–Trinajstić information content (AvgIpc) is 2.59. The van der Waals surface area contributed by atoms with Gasteiger partial charge in [-0.2, -0.15) is 0 Å². The Kier molecular flexibility index (Phi) is 6.78. The number of benzene rings is 1. The van der Waals surface area contributed by atoms with Gasteiger partial charge in [0.15, 0.2) is 0 Å². The fourth-order valence-corrected chi connectivity index (χ4v) is 2.93. The van der Waals surface area contributed by atoms with Crippen LogP contribution in [0.15, 0.2) is 30.3 Å². The standard InChI is InChI=1S/C18H24N2O4/c21-16(20-15-10-8-14(9-11-15)18(23)24)7-4-12-19-17(22)13-5-2-1-3-6-13/h1-3,5-6,14-15H,4,7-12H2,(H,19,22)(H,20,21)(H,23,24). The van der Waals surface area contributed by atoms with Gasteiger partial charge in [-0.25, -0.2) is 0 Å². The van der Waals surface area contributed by atoms with E-state index in [1.165, 1.54) is 0 Å². The quantitative estimate of drug-likeness (QED) is 0.665. The van der Waals surface area contributed by atoms with Crippen LogP contribution in [0.2, 0.25) is 0 Å². The second kappa shape index (κ2) is 9.05. The van der Waals surface area contributed by atoms with Crippen LogP contribution in [0.1, 0.15) is 48.9 Å². The topological polar surface area (TPSA) is 95.5 Å². The largest absolute Gasteiger partial charge is 0.481 e. The third kappa shape index (κ3) is 5.68. The maximum Gasteiger partial charge on any atom is 0.306 e. The maximum absolute atomic E-state index is 11.9. The fourth-order valence-electron chi connectivity index (χ4n) is 2.93. The normalized spacial score (nSPS) is 20.2. The molecule has 2 rings (SSSR count). The molecular formula is C18H24N2O4. The van der Waals surface area contributed by atoms with Gasteiger partial charge in [0, 0.05) is 24.6 Å². The summed E-state index contributed by atoms with van der Waals surface area (Å²) in [6.45, 7) is 0.451. The van der Waals surface area contributed by atoms with Gasteiger partial charge in [-0.1, -0.05) is 18.2 Å². The molecule has 0 aromatic heterocycles. The summed E-state index contributed by atoms with van der Waals surface area (Å²) in [6, 6.07) is 9.03. The van der Waals surface area contributed by atoms with E-state index in [9.17, 15) is 14.4 Å². The summed E-state index contributed by atoms with van der Waals surface area (Å²) in [5, 5.41) is 14.7. The third-order valence-electron chi connectivity index (χ3n) is 4.34. The predicted octanol–water partition coefficient (Wildman–Crippen LogP) is 1.96. The number of rotatable bonds is 7.